The summed E-state index contributed by atoms with van der Waals surface area (Å²) in [5, 5.41) is 48.0. The van der Waals surface area contributed by atoms with Crippen LogP contribution < -0.4 is 0 Å². The summed E-state index contributed by atoms with van der Waals surface area (Å²) in [6.45, 7) is -0.505. The van der Waals surface area contributed by atoms with Gasteiger partial charge in [0.15, 0.2) is 29.1 Å². The van der Waals surface area contributed by atoms with E-state index in [4.69, 9.17) is 27.9 Å². The number of tetrazole rings is 2. The number of carbonyl (C=O) groups is 2. The standard InChI is InChI=1S/C27H18Cl2F6N14O5/c1-11-18(16(50)9-46-25(27(33,34)35)39-43-45-46)41-49(21-13(29)5-3-7-37-21)19(11)23(53)54-17(10-47-42-24(38-44-47)26(30,31)32)14-8-15(22(51)52)48(40-14)20-12(28)4-2-6-36-20/h2-8,16-17,50H,9-10H2,1H3,(H,51,52). The molecule has 2 N–H and O–H groups in total. The van der Waals surface area contributed by atoms with Gasteiger partial charge < -0.3 is 14.9 Å². The Kier molecular flexibility index (Phi) is 10.0. The second-order valence-corrected chi connectivity index (χ2v) is 11.6. The van der Waals surface area contributed by atoms with Crippen LogP contribution in [0, 0.1) is 6.92 Å². The topological polar surface area (TPSA) is 232 Å². The number of aliphatic hydroxyl groups excluding tert-OH is 1. The summed E-state index contributed by atoms with van der Waals surface area (Å²) < 4.78 is 87.9. The summed E-state index contributed by atoms with van der Waals surface area (Å²) in [7, 11) is 0. The maximum Gasteiger partial charge on any atom is 0.455 e. The van der Waals surface area contributed by atoms with Crippen LogP contribution >= 0.6 is 23.2 Å². The molecular formula is C27H18Cl2F6N14O5. The zero-order valence-electron chi connectivity index (χ0n) is 26.5. The molecule has 0 bridgehead atoms. The van der Waals surface area contributed by atoms with E-state index in [0.717, 1.165) is 15.4 Å². The van der Waals surface area contributed by atoms with Crippen molar-refractivity contribution < 1.29 is 50.9 Å². The van der Waals surface area contributed by atoms with Crippen LogP contribution in [-0.4, -0.2) is 92.1 Å². The Morgan fingerprint density at radius 3 is 2.11 bits per heavy atom. The molecule has 6 rings (SSSR count). The monoisotopic (exact) mass is 802 g/mol. The molecule has 19 nitrogen and oxygen atoms in total. The fourth-order valence-corrected chi connectivity index (χ4v) is 5.30. The summed E-state index contributed by atoms with van der Waals surface area (Å²) in [5.74, 6) is -6.51. The normalized spacial score (nSPS) is 13.2. The highest BCUT2D eigenvalue weighted by atomic mass is 35.5. The molecule has 0 aliphatic rings. The molecule has 0 fully saturated rings. The number of halogens is 8. The second-order valence-electron chi connectivity index (χ2n) is 10.8. The highest BCUT2D eigenvalue weighted by Gasteiger charge is 2.40. The maximum absolute atomic E-state index is 14.1. The van der Waals surface area contributed by atoms with Gasteiger partial charge in [0, 0.05) is 18.0 Å². The smallest absolute Gasteiger partial charge is 0.455 e. The number of rotatable bonds is 11. The van der Waals surface area contributed by atoms with E-state index in [9.17, 15) is 46.1 Å². The third-order valence-corrected chi connectivity index (χ3v) is 7.83. The molecule has 6 heterocycles. The van der Waals surface area contributed by atoms with Crippen LogP contribution in [0.25, 0.3) is 11.6 Å². The summed E-state index contributed by atoms with van der Waals surface area (Å²) in [5.41, 5.74) is -2.06. The molecule has 6 aromatic heterocycles. The van der Waals surface area contributed by atoms with E-state index in [2.05, 4.69) is 51.1 Å². The lowest BCUT2D eigenvalue weighted by atomic mass is 10.1. The van der Waals surface area contributed by atoms with Gasteiger partial charge >= 0.3 is 24.3 Å². The molecule has 0 saturated carbocycles. The fraction of sp³-hybridized carbons (Fsp3) is 0.259. The van der Waals surface area contributed by atoms with Crippen molar-refractivity contribution in [2.75, 3.05) is 0 Å². The molecule has 0 amide bonds. The Bertz CT molecular complexity index is 2360. The number of aromatic nitrogens is 14. The molecule has 0 aromatic carbocycles. The molecular weight excluding hydrogens is 785 g/mol. The zero-order valence-corrected chi connectivity index (χ0v) is 28.0. The maximum atomic E-state index is 14.1. The highest BCUT2D eigenvalue weighted by molar-refractivity contribution is 6.32. The summed E-state index contributed by atoms with van der Waals surface area (Å²) >= 11 is 12.6. The van der Waals surface area contributed by atoms with Crippen molar-refractivity contribution in [2.24, 2.45) is 0 Å². The molecule has 27 heteroatoms. The van der Waals surface area contributed by atoms with Crippen molar-refractivity contribution in [1.82, 2.24) is 69.9 Å². The third kappa shape index (κ3) is 7.53. The molecule has 0 radical (unpaired) electrons. The van der Waals surface area contributed by atoms with Crippen LogP contribution in [0.15, 0.2) is 42.7 Å². The Morgan fingerprint density at radius 2 is 1.54 bits per heavy atom. The van der Waals surface area contributed by atoms with E-state index in [0.29, 0.717) is 4.80 Å². The molecule has 282 valence electrons. The van der Waals surface area contributed by atoms with E-state index in [1.165, 1.54) is 43.6 Å². The van der Waals surface area contributed by atoms with Gasteiger partial charge in [-0.2, -0.15) is 41.3 Å². The zero-order chi connectivity index (χ0) is 39.1. The van der Waals surface area contributed by atoms with Crippen LogP contribution in [0.4, 0.5) is 26.3 Å². The van der Waals surface area contributed by atoms with Crippen molar-refractivity contribution in [1.29, 1.82) is 0 Å². The molecule has 2 unspecified atom stereocenters. The molecule has 0 saturated heterocycles. The number of pyridine rings is 2. The first-order valence-electron chi connectivity index (χ1n) is 14.7. The van der Waals surface area contributed by atoms with Crippen LogP contribution in [0.3, 0.4) is 0 Å². The first-order valence-corrected chi connectivity index (χ1v) is 15.4. The van der Waals surface area contributed by atoms with Crippen molar-refractivity contribution in [3.05, 3.63) is 92.8 Å². The van der Waals surface area contributed by atoms with Gasteiger partial charge in [0.05, 0.1) is 22.3 Å². The molecule has 6 aromatic rings. The number of hydrogen-bond donors (Lipinski definition) is 2. The van der Waals surface area contributed by atoms with Crippen LogP contribution in [0.1, 0.15) is 61.8 Å². The number of carboxylic acids is 1. The Balaban J connectivity index is 1.45. The van der Waals surface area contributed by atoms with E-state index < -0.39 is 72.6 Å². The first kappa shape index (κ1) is 37.7. The molecule has 54 heavy (non-hydrogen) atoms. The van der Waals surface area contributed by atoms with Crippen molar-refractivity contribution in [3.63, 3.8) is 0 Å². The number of ether oxygens (including phenoxy) is 1. The number of hydrogen-bond acceptors (Lipinski definition) is 14. The van der Waals surface area contributed by atoms with E-state index >= 15 is 0 Å². The largest absolute Gasteiger partial charge is 0.477 e. The number of alkyl halides is 6. The Morgan fingerprint density at radius 1 is 0.889 bits per heavy atom. The van der Waals surface area contributed by atoms with Gasteiger partial charge in [-0.3, -0.25) is 0 Å². The SMILES string of the molecule is Cc1c(C(O)Cn2nnnc2C(F)(F)F)nn(-c2ncccc2Cl)c1C(=O)OC(Cn1nnc(C(F)(F)F)n1)c1cc(C(=O)O)n(-c2ncccc2Cl)n1. The predicted octanol–water partition coefficient (Wildman–Crippen LogP) is 3.50. The highest BCUT2D eigenvalue weighted by Crippen LogP contribution is 2.32. The Hall–Kier alpha value is -6.08. The number of carboxylic acid groups (broad SMARTS) is 1. The van der Waals surface area contributed by atoms with Crippen LogP contribution in [0.2, 0.25) is 10.0 Å². The first-order chi connectivity index (χ1) is 25.4. The van der Waals surface area contributed by atoms with Crippen molar-refractivity contribution in [3.8, 4) is 11.6 Å². The van der Waals surface area contributed by atoms with Gasteiger partial charge in [0.1, 0.15) is 18.3 Å². The average Bonchev–Trinajstić information content (AvgIpc) is 3.90. The summed E-state index contributed by atoms with van der Waals surface area (Å²) in [4.78, 5) is 34.9. The van der Waals surface area contributed by atoms with Crippen LogP contribution in [-0.2, 0) is 30.2 Å². The van der Waals surface area contributed by atoms with Gasteiger partial charge in [-0.15, -0.1) is 15.3 Å². The number of aliphatic hydroxyl groups is 1. The quantitative estimate of drug-likeness (QED) is 0.141. The minimum absolute atomic E-state index is 0.0576. The van der Waals surface area contributed by atoms with Gasteiger partial charge in [-0.05, 0) is 52.9 Å². The predicted molar refractivity (Wildman–Crippen MR) is 163 cm³/mol. The van der Waals surface area contributed by atoms with Gasteiger partial charge in [-0.1, -0.05) is 23.2 Å². The molecule has 0 aliphatic heterocycles. The molecule has 2 atom stereocenters. The Labute approximate surface area is 304 Å². The summed E-state index contributed by atoms with van der Waals surface area (Å²) in [6.07, 6.45) is -11.2. The van der Waals surface area contributed by atoms with E-state index in [1.54, 1.807) is 0 Å². The number of carbonyl (C=O) groups excluding carboxylic acids is 1. The summed E-state index contributed by atoms with van der Waals surface area (Å²) in [6, 6.07) is 6.51. The van der Waals surface area contributed by atoms with Crippen molar-refractivity contribution in [2.45, 2.75) is 44.6 Å². The lowest BCUT2D eigenvalue weighted by Gasteiger charge is -2.16. The van der Waals surface area contributed by atoms with Gasteiger partial charge in [-0.25, -0.2) is 33.6 Å². The third-order valence-electron chi connectivity index (χ3n) is 7.24. The second kappa shape index (κ2) is 14.4. The van der Waals surface area contributed by atoms with Crippen molar-refractivity contribution >= 4 is 35.1 Å². The van der Waals surface area contributed by atoms with E-state index in [-0.39, 0.29) is 43.3 Å². The van der Waals surface area contributed by atoms with E-state index in [1.807, 2.05) is 0 Å². The van der Waals surface area contributed by atoms with Gasteiger partial charge in [0.25, 0.3) is 11.6 Å². The lowest BCUT2D eigenvalue weighted by molar-refractivity contribution is -0.148. The fourth-order valence-electron chi connectivity index (χ4n) is 4.90. The van der Waals surface area contributed by atoms with Gasteiger partial charge in [0.2, 0.25) is 0 Å². The number of nitrogens with zero attached hydrogens (tertiary/aromatic N) is 14. The van der Waals surface area contributed by atoms with Crippen LogP contribution in [0.5, 0.6) is 0 Å². The number of esters is 1. The molecule has 0 spiro atoms. The minimum Gasteiger partial charge on any atom is -0.477 e. The molecule has 0 aliphatic carbocycles. The minimum atomic E-state index is -5.02. The average molecular weight is 803 g/mol. The lowest BCUT2D eigenvalue weighted by Crippen LogP contribution is -2.22. The number of aromatic carboxylic acids is 1.